The van der Waals surface area contributed by atoms with Crippen molar-refractivity contribution < 1.29 is 4.79 Å². The van der Waals surface area contributed by atoms with Gasteiger partial charge in [0.2, 0.25) is 5.91 Å². The Morgan fingerprint density at radius 2 is 1.73 bits per heavy atom. The van der Waals surface area contributed by atoms with E-state index in [1.807, 2.05) is 36.4 Å². The zero-order chi connectivity index (χ0) is 23.2. The number of aromatic nitrogens is 1. The van der Waals surface area contributed by atoms with Crippen LogP contribution >= 0.6 is 0 Å². The number of pyridine rings is 1. The van der Waals surface area contributed by atoms with Crippen molar-refractivity contribution in [3.63, 3.8) is 0 Å². The quantitative estimate of drug-likeness (QED) is 0.476. The average molecular weight is 445 g/mol. The van der Waals surface area contributed by atoms with Gasteiger partial charge in [0, 0.05) is 43.8 Å². The lowest BCUT2D eigenvalue weighted by Gasteiger charge is -2.30. The molecule has 1 aliphatic rings. The molecule has 0 radical (unpaired) electrons. The van der Waals surface area contributed by atoms with E-state index < -0.39 is 0 Å². The number of carbonyl (C=O) groups is 1. The summed E-state index contributed by atoms with van der Waals surface area (Å²) in [5.74, 6) is 1.58. The SMILES string of the molecule is CCC(C(=O)NC[C@H]1CC[C@@H](Nc2cc(N(C)C)c3ccccc3n2)CC1)c1ccccc1. The number of benzene rings is 2. The second kappa shape index (κ2) is 10.7. The fraction of sp³-hybridized carbons (Fsp3) is 0.429. The molecule has 1 aromatic heterocycles. The lowest BCUT2D eigenvalue weighted by molar-refractivity contribution is -0.122. The minimum atomic E-state index is -0.0610. The van der Waals surface area contributed by atoms with Gasteiger partial charge in [0.1, 0.15) is 5.82 Å². The predicted molar refractivity (Wildman–Crippen MR) is 138 cm³/mol. The molecule has 0 bridgehead atoms. The third-order valence-corrected chi connectivity index (χ3v) is 6.87. The molecule has 5 nitrogen and oxygen atoms in total. The number of para-hydroxylation sites is 1. The number of hydrogen-bond donors (Lipinski definition) is 2. The van der Waals surface area contributed by atoms with Gasteiger partial charge in [-0.3, -0.25) is 4.79 Å². The topological polar surface area (TPSA) is 57.3 Å². The second-order valence-corrected chi connectivity index (χ2v) is 9.42. The maximum atomic E-state index is 12.8. The molecule has 1 amide bonds. The van der Waals surface area contributed by atoms with E-state index in [-0.39, 0.29) is 11.8 Å². The van der Waals surface area contributed by atoms with E-state index >= 15 is 0 Å². The van der Waals surface area contributed by atoms with Gasteiger partial charge < -0.3 is 15.5 Å². The maximum Gasteiger partial charge on any atom is 0.227 e. The van der Waals surface area contributed by atoms with Crippen molar-refractivity contribution in [3.8, 4) is 0 Å². The molecule has 2 aromatic carbocycles. The van der Waals surface area contributed by atoms with Crippen molar-refractivity contribution in [2.24, 2.45) is 5.92 Å². The van der Waals surface area contributed by atoms with Crippen molar-refractivity contribution in [3.05, 3.63) is 66.2 Å². The molecule has 4 rings (SSSR count). The van der Waals surface area contributed by atoms with Gasteiger partial charge in [0.05, 0.1) is 11.4 Å². The van der Waals surface area contributed by atoms with Crippen molar-refractivity contribution >= 4 is 28.3 Å². The standard InChI is InChI=1S/C28H36N4O/c1-4-23(21-10-6-5-7-11-21)28(33)29-19-20-14-16-22(17-15-20)30-27-18-26(32(2)3)24-12-8-9-13-25(24)31-27/h5-13,18,20,22-23H,4,14-17,19H2,1-3H3,(H,29,33)(H,30,31)/t20-,22+,23?. The maximum absolute atomic E-state index is 12.8. The molecule has 33 heavy (non-hydrogen) atoms. The molecule has 1 saturated carbocycles. The number of amides is 1. The molecule has 1 atom stereocenters. The number of fused-ring (bicyclic) bond motifs is 1. The lowest BCUT2D eigenvalue weighted by atomic mass is 9.85. The number of carbonyl (C=O) groups excluding carboxylic acids is 1. The Balaban J connectivity index is 1.30. The molecular formula is C28H36N4O. The van der Waals surface area contributed by atoms with Gasteiger partial charge in [0.15, 0.2) is 0 Å². The Morgan fingerprint density at radius 3 is 2.42 bits per heavy atom. The average Bonchev–Trinajstić information content (AvgIpc) is 2.84. The number of nitrogens with zero attached hydrogens (tertiary/aromatic N) is 2. The molecule has 0 aliphatic heterocycles. The largest absolute Gasteiger partial charge is 0.377 e. The van der Waals surface area contributed by atoms with Crippen LogP contribution in [0.4, 0.5) is 11.5 Å². The van der Waals surface area contributed by atoms with Gasteiger partial charge in [-0.05, 0) is 49.7 Å². The van der Waals surface area contributed by atoms with Gasteiger partial charge in [-0.1, -0.05) is 55.5 Å². The monoisotopic (exact) mass is 444 g/mol. The van der Waals surface area contributed by atoms with E-state index in [1.165, 1.54) is 11.1 Å². The smallest absolute Gasteiger partial charge is 0.227 e. The molecule has 2 N–H and O–H groups in total. The van der Waals surface area contributed by atoms with E-state index in [0.717, 1.165) is 55.5 Å². The molecule has 1 fully saturated rings. The Bertz CT molecular complexity index is 1060. The van der Waals surface area contributed by atoms with Crippen molar-refractivity contribution in [2.75, 3.05) is 30.9 Å². The number of rotatable bonds is 8. The molecule has 0 saturated heterocycles. The van der Waals surface area contributed by atoms with Crippen LogP contribution in [0, 0.1) is 5.92 Å². The van der Waals surface area contributed by atoms with E-state index in [9.17, 15) is 4.79 Å². The first-order valence-electron chi connectivity index (χ1n) is 12.2. The van der Waals surface area contributed by atoms with Gasteiger partial charge in [0.25, 0.3) is 0 Å². The predicted octanol–water partition coefficient (Wildman–Crippen LogP) is 5.58. The highest BCUT2D eigenvalue weighted by Gasteiger charge is 2.24. The summed E-state index contributed by atoms with van der Waals surface area (Å²) < 4.78 is 0. The summed E-state index contributed by atoms with van der Waals surface area (Å²) in [4.78, 5) is 19.8. The summed E-state index contributed by atoms with van der Waals surface area (Å²) >= 11 is 0. The van der Waals surface area contributed by atoms with Crippen LogP contribution in [0.2, 0.25) is 0 Å². The molecular weight excluding hydrogens is 408 g/mol. The van der Waals surface area contributed by atoms with Crippen LogP contribution in [0.3, 0.4) is 0 Å². The van der Waals surface area contributed by atoms with E-state index in [2.05, 4.69) is 60.8 Å². The van der Waals surface area contributed by atoms with Crippen molar-refractivity contribution in [2.45, 2.75) is 51.0 Å². The Hall–Kier alpha value is -3.08. The van der Waals surface area contributed by atoms with Gasteiger partial charge in [-0.2, -0.15) is 0 Å². The van der Waals surface area contributed by atoms with Crippen LogP contribution in [0.5, 0.6) is 0 Å². The fourth-order valence-corrected chi connectivity index (χ4v) is 4.95. The number of anilines is 2. The first kappa shape index (κ1) is 23.1. The minimum absolute atomic E-state index is 0.0610. The summed E-state index contributed by atoms with van der Waals surface area (Å²) in [5, 5.41) is 8.08. The van der Waals surface area contributed by atoms with Gasteiger partial charge in [-0.25, -0.2) is 4.98 Å². The third kappa shape index (κ3) is 5.65. The Kier molecular flexibility index (Phi) is 7.48. The van der Waals surface area contributed by atoms with E-state index in [4.69, 9.17) is 4.98 Å². The summed E-state index contributed by atoms with van der Waals surface area (Å²) in [7, 11) is 4.15. The van der Waals surface area contributed by atoms with Crippen LogP contribution < -0.4 is 15.5 Å². The zero-order valence-electron chi connectivity index (χ0n) is 20.1. The van der Waals surface area contributed by atoms with Crippen LogP contribution in [0.25, 0.3) is 10.9 Å². The van der Waals surface area contributed by atoms with Crippen LogP contribution in [-0.4, -0.2) is 37.6 Å². The second-order valence-electron chi connectivity index (χ2n) is 9.42. The minimum Gasteiger partial charge on any atom is -0.377 e. The van der Waals surface area contributed by atoms with Crippen molar-refractivity contribution in [1.29, 1.82) is 0 Å². The normalized spacial score (nSPS) is 19.1. The lowest BCUT2D eigenvalue weighted by Crippen LogP contribution is -2.36. The Labute approximate surface area is 197 Å². The molecule has 0 spiro atoms. The first-order valence-corrected chi connectivity index (χ1v) is 12.2. The summed E-state index contributed by atoms with van der Waals surface area (Å²) in [6.07, 6.45) is 5.26. The summed E-state index contributed by atoms with van der Waals surface area (Å²) in [6, 6.07) is 21.0. The Morgan fingerprint density at radius 1 is 1.03 bits per heavy atom. The number of hydrogen-bond acceptors (Lipinski definition) is 4. The highest BCUT2D eigenvalue weighted by atomic mass is 16.1. The highest BCUT2D eigenvalue weighted by molar-refractivity contribution is 5.93. The molecule has 5 heteroatoms. The highest BCUT2D eigenvalue weighted by Crippen LogP contribution is 2.30. The van der Waals surface area contributed by atoms with Gasteiger partial charge >= 0.3 is 0 Å². The fourth-order valence-electron chi connectivity index (χ4n) is 4.95. The summed E-state index contributed by atoms with van der Waals surface area (Å²) in [6.45, 7) is 2.85. The molecule has 3 aromatic rings. The first-order chi connectivity index (χ1) is 16.0. The molecule has 1 aliphatic carbocycles. The summed E-state index contributed by atoms with van der Waals surface area (Å²) in [5.41, 5.74) is 3.31. The molecule has 1 unspecified atom stereocenters. The molecule has 174 valence electrons. The van der Waals surface area contributed by atoms with Gasteiger partial charge in [-0.15, -0.1) is 0 Å². The zero-order valence-corrected chi connectivity index (χ0v) is 20.1. The van der Waals surface area contributed by atoms with E-state index in [0.29, 0.717) is 12.0 Å². The van der Waals surface area contributed by atoms with Crippen LogP contribution in [-0.2, 0) is 4.79 Å². The van der Waals surface area contributed by atoms with Crippen molar-refractivity contribution in [1.82, 2.24) is 10.3 Å². The van der Waals surface area contributed by atoms with Crippen LogP contribution in [0.1, 0.15) is 50.5 Å². The van der Waals surface area contributed by atoms with Crippen LogP contribution in [0.15, 0.2) is 60.7 Å². The third-order valence-electron chi connectivity index (χ3n) is 6.87. The number of nitrogens with one attached hydrogen (secondary N) is 2. The molecule has 1 heterocycles. The van der Waals surface area contributed by atoms with E-state index in [1.54, 1.807) is 0 Å².